The van der Waals surface area contributed by atoms with E-state index in [4.69, 9.17) is 0 Å². The number of carbonyl (C=O) groups is 1. The number of urea groups is 1. The zero-order chi connectivity index (χ0) is 23.2. The second-order valence-corrected chi connectivity index (χ2v) is 11.0. The van der Waals surface area contributed by atoms with Crippen LogP contribution in [0.1, 0.15) is 29.9 Å². The number of nitrogens with one attached hydrogen (secondary N) is 2. The number of aromatic amines is 1. The van der Waals surface area contributed by atoms with Crippen molar-refractivity contribution in [2.45, 2.75) is 30.9 Å². The Morgan fingerprint density at radius 3 is 2.73 bits per heavy atom. The van der Waals surface area contributed by atoms with E-state index in [-0.39, 0.29) is 19.0 Å². The van der Waals surface area contributed by atoms with Crippen LogP contribution in [-0.4, -0.2) is 65.1 Å². The van der Waals surface area contributed by atoms with Crippen molar-refractivity contribution in [3.8, 4) is 0 Å². The summed E-state index contributed by atoms with van der Waals surface area (Å²) in [6.45, 7) is 2.97. The standard InChI is InChI=1S/C23H26FN5O3S/c1-15-4-5-17(24)11-21(15)27-23(30)28-13-18(14-28)33(31,32)29-9-6-16(7-10-29)20-12-26-22-19(20)3-2-8-25-22/h2-5,8,11-12,16,18H,6-7,9-10,13-14H2,1H3,(H,25,26)(H,27,30). The summed E-state index contributed by atoms with van der Waals surface area (Å²) in [5, 5.41) is 3.16. The molecule has 2 fully saturated rings. The van der Waals surface area contributed by atoms with Gasteiger partial charge in [-0.2, -0.15) is 0 Å². The summed E-state index contributed by atoms with van der Waals surface area (Å²) >= 11 is 0. The molecule has 2 aliphatic rings. The molecular weight excluding hydrogens is 445 g/mol. The number of hydrogen-bond donors (Lipinski definition) is 2. The molecule has 2 N–H and O–H groups in total. The van der Waals surface area contributed by atoms with Gasteiger partial charge < -0.3 is 15.2 Å². The highest BCUT2D eigenvalue weighted by molar-refractivity contribution is 7.89. The van der Waals surface area contributed by atoms with Crippen molar-refractivity contribution in [2.75, 3.05) is 31.5 Å². The molecular formula is C23H26FN5O3S. The highest BCUT2D eigenvalue weighted by Gasteiger charge is 2.43. The lowest BCUT2D eigenvalue weighted by atomic mass is 9.90. The number of aromatic nitrogens is 2. The molecule has 0 spiro atoms. The van der Waals surface area contributed by atoms with Crippen molar-refractivity contribution in [2.24, 2.45) is 0 Å². The van der Waals surface area contributed by atoms with Gasteiger partial charge in [-0.15, -0.1) is 0 Å². The van der Waals surface area contributed by atoms with E-state index in [1.807, 2.05) is 18.3 Å². The quantitative estimate of drug-likeness (QED) is 0.609. The summed E-state index contributed by atoms with van der Waals surface area (Å²) in [5.74, 6) is -0.153. The molecule has 10 heteroatoms. The van der Waals surface area contributed by atoms with E-state index >= 15 is 0 Å². The minimum absolute atomic E-state index is 0.135. The third-order valence-electron chi connectivity index (χ3n) is 6.73. The highest BCUT2D eigenvalue weighted by atomic mass is 32.2. The number of halogens is 1. The van der Waals surface area contributed by atoms with Gasteiger partial charge in [-0.25, -0.2) is 26.9 Å². The second kappa shape index (κ2) is 8.42. The number of hydrogen-bond acceptors (Lipinski definition) is 4. The molecule has 33 heavy (non-hydrogen) atoms. The first-order valence-corrected chi connectivity index (χ1v) is 12.6. The van der Waals surface area contributed by atoms with Gasteiger partial charge in [0.25, 0.3) is 0 Å². The molecule has 0 bridgehead atoms. The number of amides is 2. The Labute approximate surface area is 191 Å². The highest BCUT2D eigenvalue weighted by Crippen LogP contribution is 2.34. The number of aryl methyl sites for hydroxylation is 1. The summed E-state index contributed by atoms with van der Waals surface area (Å²) in [6.07, 6.45) is 5.22. The minimum Gasteiger partial charge on any atom is -0.346 e. The topological polar surface area (TPSA) is 98.4 Å². The van der Waals surface area contributed by atoms with Crippen molar-refractivity contribution in [1.82, 2.24) is 19.2 Å². The van der Waals surface area contributed by atoms with Crippen LogP contribution in [0, 0.1) is 12.7 Å². The number of H-pyrrole nitrogens is 1. The molecule has 3 aromatic rings. The van der Waals surface area contributed by atoms with Gasteiger partial charge in [0.2, 0.25) is 10.0 Å². The zero-order valence-corrected chi connectivity index (χ0v) is 19.1. The zero-order valence-electron chi connectivity index (χ0n) is 18.3. The van der Waals surface area contributed by atoms with Crippen LogP contribution in [-0.2, 0) is 10.0 Å². The predicted molar refractivity (Wildman–Crippen MR) is 124 cm³/mol. The van der Waals surface area contributed by atoms with Crippen molar-refractivity contribution < 1.29 is 17.6 Å². The van der Waals surface area contributed by atoms with Crippen molar-refractivity contribution >= 4 is 32.8 Å². The number of benzene rings is 1. The fraction of sp³-hybridized carbons (Fsp3) is 0.391. The maximum Gasteiger partial charge on any atom is 0.321 e. The fourth-order valence-electron chi connectivity index (χ4n) is 4.66. The molecule has 2 aliphatic heterocycles. The van der Waals surface area contributed by atoms with Gasteiger partial charge in [0.05, 0.1) is 0 Å². The first-order chi connectivity index (χ1) is 15.8. The third-order valence-corrected chi connectivity index (χ3v) is 8.96. The van der Waals surface area contributed by atoms with Gasteiger partial charge in [0, 0.05) is 49.6 Å². The summed E-state index contributed by atoms with van der Waals surface area (Å²) in [6, 6.07) is 7.71. The van der Waals surface area contributed by atoms with Crippen molar-refractivity contribution in [1.29, 1.82) is 0 Å². The van der Waals surface area contributed by atoms with Gasteiger partial charge in [-0.3, -0.25) is 0 Å². The van der Waals surface area contributed by atoms with E-state index in [0.29, 0.717) is 18.8 Å². The van der Waals surface area contributed by atoms with Crippen molar-refractivity contribution in [3.63, 3.8) is 0 Å². The van der Waals surface area contributed by atoms with E-state index in [1.54, 1.807) is 23.5 Å². The molecule has 0 saturated carbocycles. The summed E-state index contributed by atoms with van der Waals surface area (Å²) in [4.78, 5) is 21.4. The van der Waals surface area contributed by atoms with Gasteiger partial charge in [0.15, 0.2) is 0 Å². The van der Waals surface area contributed by atoms with Gasteiger partial charge in [0.1, 0.15) is 16.7 Å². The Bertz CT molecular complexity index is 1290. The first kappa shape index (κ1) is 21.8. The predicted octanol–water partition coefficient (Wildman–Crippen LogP) is 3.44. The van der Waals surface area contributed by atoms with Crippen LogP contribution in [0.25, 0.3) is 11.0 Å². The molecule has 2 aromatic heterocycles. The molecule has 174 valence electrons. The molecule has 0 unspecified atom stereocenters. The average molecular weight is 472 g/mol. The lowest BCUT2D eigenvalue weighted by Gasteiger charge is -2.42. The maximum atomic E-state index is 13.5. The molecule has 2 saturated heterocycles. The van der Waals surface area contributed by atoms with E-state index < -0.39 is 27.1 Å². The Hall–Kier alpha value is -2.98. The Kier molecular flexibility index (Phi) is 5.57. The van der Waals surface area contributed by atoms with Crippen LogP contribution in [0.3, 0.4) is 0 Å². The van der Waals surface area contributed by atoms with Crippen LogP contribution < -0.4 is 5.32 Å². The van der Waals surface area contributed by atoms with Crippen LogP contribution in [0.15, 0.2) is 42.7 Å². The van der Waals surface area contributed by atoms with E-state index in [2.05, 4.69) is 15.3 Å². The number of nitrogens with zero attached hydrogens (tertiary/aromatic N) is 3. The lowest BCUT2D eigenvalue weighted by Crippen LogP contribution is -2.61. The molecule has 2 amide bonds. The monoisotopic (exact) mass is 471 g/mol. The lowest BCUT2D eigenvalue weighted by molar-refractivity contribution is 0.179. The number of piperidine rings is 1. The maximum absolute atomic E-state index is 13.5. The van der Waals surface area contributed by atoms with Crippen LogP contribution in [0.2, 0.25) is 0 Å². The van der Waals surface area contributed by atoms with E-state index in [0.717, 1.165) is 29.4 Å². The summed E-state index contributed by atoms with van der Waals surface area (Å²) in [7, 11) is -3.48. The molecule has 0 radical (unpaired) electrons. The smallest absolute Gasteiger partial charge is 0.321 e. The van der Waals surface area contributed by atoms with Gasteiger partial charge in [-0.1, -0.05) is 6.07 Å². The second-order valence-electron chi connectivity index (χ2n) is 8.78. The average Bonchev–Trinajstić information content (AvgIpc) is 3.19. The fourth-order valence-corrected chi connectivity index (χ4v) is 6.54. The number of carbonyl (C=O) groups excluding carboxylic acids is 1. The Morgan fingerprint density at radius 1 is 1.21 bits per heavy atom. The van der Waals surface area contributed by atoms with E-state index in [9.17, 15) is 17.6 Å². The van der Waals surface area contributed by atoms with Crippen LogP contribution >= 0.6 is 0 Å². The number of likely N-dealkylation sites (tertiary alicyclic amines) is 1. The molecule has 0 atom stereocenters. The number of fused-ring (bicyclic) bond motifs is 1. The number of anilines is 1. The summed E-state index contributed by atoms with van der Waals surface area (Å²) < 4.78 is 41.2. The molecule has 4 heterocycles. The molecule has 1 aromatic carbocycles. The van der Waals surface area contributed by atoms with E-state index in [1.165, 1.54) is 22.6 Å². The molecule has 0 aliphatic carbocycles. The van der Waals surface area contributed by atoms with Gasteiger partial charge >= 0.3 is 6.03 Å². The molecule has 8 nitrogen and oxygen atoms in total. The Balaban J connectivity index is 1.17. The van der Waals surface area contributed by atoms with Gasteiger partial charge in [-0.05, 0) is 61.1 Å². The van der Waals surface area contributed by atoms with Crippen molar-refractivity contribution in [3.05, 3.63) is 59.7 Å². The largest absolute Gasteiger partial charge is 0.346 e. The summed E-state index contributed by atoms with van der Waals surface area (Å²) in [5.41, 5.74) is 3.17. The number of rotatable bonds is 4. The van der Waals surface area contributed by atoms with Crippen LogP contribution in [0.5, 0.6) is 0 Å². The molecule has 5 rings (SSSR count). The number of pyridine rings is 1. The Morgan fingerprint density at radius 2 is 1.97 bits per heavy atom. The first-order valence-electron chi connectivity index (χ1n) is 11.1. The van der Waals surface area contributed by atoms with Crippen LogP contribution in [0.4, 0.5) is 14.9 Å². The normalized spacial score (nSPS) is 18.4. The SMILES string of the molecule is Cc1ccc(F)cc1NC(=O)N1CC(S(=O)(=O)N2CCC(c3c[nH]c4ncccc34)CC2)C1. The number of sulfonamides is 1. The minimum atomic E-state index is -3.48. The third kappa shape index (κ3) is 4.08.